The molecule has 0 aliphatic carbocycles. The van der Waals surface area contributed by atoms with Gasteiger partial charge in [0.2, 0.25) is 0 Å². The molecule has 1 aliphatic rings. The Morgan fingerprint density at radius 3 is 1.59 bits per heavy atom. The van der Waals surface area contributed by atoms with Gasteiger partial charge < -0.3 is 9.87 Å². The molecule has 0 amide bonds. The molecule has 1 heterocycles. The number of nitrogens with one attached hydrogen (secondary N) is 1. The SMILES string of the molecule is CCCCCCCCCCCCCCCCCCCCC1Nc2ccccc2N1S(=O)(=O)[O-].[K+]. The molecule has 1 unspecified atom stereocenters. The normalized spacial score (nSPS) is 15.1. The number of rotatable bonds is 20. The number of nitrogens with zero attached hydrogens (tertiary/aromatic N) is 1. The molecule has 34 heavy (non-hydrogen) atoms. The van der Waals surface area contributed by atoms with Crippen molar-refractivity contribution in [3.63, 3.8) is 0 Å². The van der Waals surface area contributed by atoms with Crippen LogP contribution in [0.3, 0.4) is 0 Å². The van der Waals surface area contributed by atoms with Gasteiger partial charge in [-0.1, -0.05) is 128 Å². The van der Waals surface area contributed by atoms with Gasteiger partial charge in [-0.05, 0) is 25.0 Å². The van der Waals surface area contributed by atoms with E-state index >= 15 is 0 Å². The summed E-state index contributed by atoms with van der Waals surface area (Å²) in [5, 5.41) is 3.19. The predicted octanol–water partition coefficient (Wildman–Crippen LogP) is 5.14. The molecule has 2 rings (SSSR count). The molecular formula is C27H47KN2O3S. The summed E-state index contributed by atoms with van der Waals surface area (Å²) in [6.07, 6.45) is 24.1. The molecule has 0 saturated heterocycles. The average Bonchev–Trinajstić information content (AvgIpc) is 3.17. The van der Waals surface area contributed by atoms with Gasteiger partial charge in [-0.3, -0.25) is 4.31 Å². The Kier molecular flexibility index (Phi) is 18.6. The van der Waals surface area contributed by atoms with E-state index in [4.69, 9.17) is 0 Å². The maximum Gasteiger partial charge on any atom is 1.00 e. The van der Waals surface area contributed by atoms with Crippen molar-refractivity contribution in [2.75, 3.05) is 9.62 Å². The van der Waals surface area contributed by atoms with Crippen LogP contribution in [0, 0.1) is 0 Å². The molecule has 7 heteroatoms. The van der Waals surface area contributed by atoms with E-state index in [0.717, 1.165) is 22.8 Å². The molecule has 0 radical (unpaired) electrons. The minimum Gasteiger partial charge on any atom is -0.731 e. The van der Waals surface area contributed by atoms with Gasteiger partial charge in [-0.15, -0.1) is 0 Å². The van der Waals surface area contributed by atoms with Crippen molar-refractivity contribution in [2.45, 2.75) is 135 Å². The summed E-state index contributed by atoms with van der Waals surface area (Å²) < 4.78 is 36.2. The van der Waals surface area contributed by atoms with E-state index in [1.807, 2.05) is 12.1 Å². The van der Waals surface area contributed by atoms with Gasteiger partial charge in [0, 0.05) is 0 Å². The minimum atomic E-state index is -4.52. The molecule has 1 aromatic rings. The molecule has 1 aliphatic heterocycles. The summed E-state index contributed by atoms with van der Waals surface area (Å²) >= 11 is 0. The van der Waals surface area contributed by atoms with Gasteiger partial charge >= 0.3 is 51.4 Å². The molecular weight excluding hydrogens is 471 g/mol. The second-order valence-electron chi connectivity index (χ2n) is 9.73. The first-order chi connectivity index (χ1) is 16.0. The molecule has 1 N–H and O–H groups in total. The second-order valence-corrected chi connectivity index (χ2v) is 11.0. The van der Waals surface area contributed by atoms with Crippen molar-refractivity contribution >= 4 is 21.7 Å². The van der Waals surface area contributed by atoms with Crippen LogP contribution in [-0.4, -0.2) is 19.1 Å². The zero-order valence-electron chi connectivity index (χ0n) is 21.9. The fourth-order valence-corrected chi connectivity index (χ4v) is 5.77. The van der Waals surface area contributed by atoms with Crippen LogP contribution in [0.25, 0.3) is 0 Å². The first-order valence-corrected chi connectivity index (χ1v) is 15.0. The standard InChI is InChI=1S/C27H48N2O3S.K/c1-2-3-4-5-6-7-8-9-10-11-12-13-14-15-16-17-18-19-24-27-28-25-22-20-21-23-26(25)29(27)33(30,31)32;/h20-23,27-28H,2-19,24H2,1H3,(H,30,31,32);/q;+1/p-1. The molecule has 0 spiro atoms. The summed E-state index contributed by atoms with van der Waals surface area (Å²) in [6.45, 7) is 2.28. The van der Waals surface area contributed by atoms with Gasteiger partial charge in [0.05, 0.1) is 11.4 Å². The number of anilines is 2. The number of fused-ring (bicyclic) bond motifs is 1. The first-order valence-electron chi connectivity index (χ1n) is 13.6. The topological polar surface area (TPSA) is 72.5 Å². The van der Waals surface area contributed by atoms with E-state index < -0.39 is 16.5 Å². The minimum absolute atomic E-state index is 0. The Balaban J connectivity index is 0.00000578. The number of unbranched alkanes of at least 4 members (excludes halogenated alkanes) is 17. The fraction of sp³-hybridized carbons (Fsp3) is 0.778. The first kappa shape index (κ1) is 32.4. The number of hydrogen-bond donors (Lipinski definition) is 1. The van der Waals surface area contributed by atoms with Crippen LogP contribution in [0.2, 0.25) is 0 Å². The van der Waals surface area contributed by atoms with Crippen molar-refractivity contribution in [1.29, 1.82) is 0 Å². The van der Waals surface area contributed by atoms with Crippen LogP contribution in [0.1, 0.15) is 129 Å². The van der Waals surface area contributed by atoms with E-state index in [1.54, 1.807) is 12.1 Å². The van der Waals surface area contributed by atoms with Crippen LogP contribution in [-0.2, 0) is 10.3 Å². The average molecular weight is 519 g/mol. The van der Waals surface area contributed by atoms with Crippen molar-refractivity contribution in [3.8, 4) is 0 Å². The van der Waals surface area contributed by atoms with Crippen molar-refractivity contribution < 1.29 is 64.4 Å². The Bertz CT molecular complexity index is 745. The molecule has 5 nitrogen and oxygen atoms in total. The molecule has 0 aromatic heterocycles. The van der Waals surface area contributed by atoms with E-state index in [1.165, 1.54) is 103 Å². The van der Waals surface area contributed by atoms with E-state index in [2.05, 4.69) is 12.2 Å². The van der Waals surface area contributed by atoms with Gasteiger partial charge in [0.25, 0.3) is 0 Å². The van der Waals surface area contributed by atoms with Crippen LogP contribution in [0.4, 0.5) is 11.4 Å². The fourth-order valence-electron chi connectivity index (χ4n) is 4.90. The second kappa shape index (κ2) is 19.5. The Labute approximate surface area is 252 Å². The predicted molar refractivity (Wildman–Crippen MR) is 139 cm³/mol. The van der Waals surface area contributed by atoms with Crippen molar-refractivity contribution in [1.82, 2.24) is 0 Å². The smallest absolute Gasteiger partial charge is 0.731 e. The van der Waals surface area contributed by atoms with Gasteiger partial charge in [0.1, 0.15) is 6.17 Å². The molecule has 1 atom stereocenters. The van der Waals surface area contributed by atoms with Crippen LogP contribution < -0.4 is 61.0 Å². The van der Waals surface area contributed by atoms with Gasteiger partial charge in [-0.25, -0.2) is 8.42 Å². The van der Waals surface area contributed by atoms with Crippen LogP contribution >= 0.6 is 0 Å². The van der Waals surface area contributed by atoms with Crippen molar-refractivity contribution in [3.05, 3.63) is 24.3 Å². The zero-order valence-corrected chi connectivity index (χ0v) is 25.8. The van der Waals surface area contributed by atoms with Crippen molar-refractivity contribution in [2.24, 2.45) is 0 Å². The Morgan fingerprint density at radius 2 is 1.15 bits per heavy atom. The Hall–Kier alpha value is 0.366. The van der Waals surface area contributed by atoms with Crippen LogP contribution in [0.15, 0.2) is 24.3 Å². The molecule has 190 valence electrons. The molecule has 0 bridgehead atoms. The Morgan fingerprint density at radius 1 is 0.735 bits per heavy atom. The quantitative estimate of drug-likeness (QED) is 0.147. The van der Waals surface area contributed by atoms with Crippen LogP contribution in [0.5, 0.6) is 0 Å². The molecule has 0 saturated carbocycles. The van der Waals surface area contributed by atoms with Gasteiger partial charge in [0.15, 0.2) is 10.3 Å². The van der Waals surface area contributed by atoms with E-state index in [9.17, 15) is 13.0 Å². The summed E-state index contributed by atoms with van der Waals surface area (Å²) in [5.41, 5.74) is 1.20. The third-order valence-electron chi connectivity index (χ3n) is 6.82. The largest absolute Gasteiger partial charge is 1.00 e. The third kappa shape index (κ3) is 13.1. The number of benzene rings is 1. The summed E-state index contributed by atoms with van der Waals surface area (Å²) in [7, 11) is -4.52. The van der Waals surface area contributed by atoms with E-state index in [-0.39, 0.29) is 51.4 Å². The monoisotopic (exact) mass is 518 g/mol. The summed E-state index contributed by atoms with van der Waals surface area (Å²) in [5.74, 6) is 0. The molecule has 0 fully saturated rings. The third-order valence-corrected chi connectivity index (χ3v) is 7.75. The van der Waals surface area contributed by atoms with Gasteiger partial charge in [-0.2, -0.15) is 0 Å². The van der Waals surface area contributed by atoms with E-state index in [0.29, 0.717) is 12.1 Å². The number of hydrogen-bond acceptors (Lipinski definition) is 4. The summed E-state index contributed by atoms with van der Waals surface area (Å²) in [6, 6.07) is 7.12. The maximum absolute atomic E-state index is 11.7. The zero-order chi connectivity index (χ0) is 23.8. The maximum atomic E-state index is 11.7. The molecule has 1 aromatic carbocycles. The number of para-hydroxylation sites is 2. The summed E-state index contributed by atoms with van der Waals surface area (Å²) in [4.78, 5) is 0.